The second-order valence-corrected chi connectivity index (χ2v) is 5.49. The normalized spacial score (nSPS) is 14.9. The Balaban J connectivity index is 1.81. The van der Waals surface area contributed by atoms with Crippen LogP contribution in [0.25, 0.3) is 10.9 Å². The maximum Gasteiger partial charge on any atom is 0.0486 e. The molecule has 0 atom stereocenters. The molecule has 1 nitrogen and oxygen atoms in total. The summed E-state index contributed by atoms with van der Waals surface area (Å²) < 4.78 is 2.40. The van der Waals surface area contributed by atoms with Crippen LogP contribution in [-0.4, -0.2) is 4.57 Å². The van der Waals surface area contributed by atoms with Gasteiger partial charge < -0.3 is 4.57 Å². The van der Waals surface area contributed by atoms with Crippen LogP contribution in [0.3, 0.4) is 0 Å². The van der Waals surface area contributed by atoms with Crippen LogP contribution in [0.2, 0.25) is 0 Å². The quantitative estimate of drug-likeness (QED) is 0.639. The van der Waals surface area contributed by atoms with E-state index in [-0.39, 0.29) is 0 Å². The molecule has 0 bridgehead atoms. The van der Waals surface area contributed by atoms with E-state index in [1.165, 1.54) is 29.3 Å². The van der Waals surface area contributed by atoms with Crippen molar-refractivity contribution in [3.63, 3.8) is 0 Å². The zero-order valence-electron chi connectivity index (χ0n) is 10.9. The van der Waals surface area contributed by atoms with Gasteiger partial charge >= 0.3 is 0 Å². The highest BCUT2D eigenvalue weighted by atomic mass is 15.0. The van der Waals surface area contributed by atoms with Crippen LogP contribution in [0.4, 0.5) is 0 Å². The maximum atomic E-state index is 2.40. The van der Waals surface area contributed by atoms with E-state index < -0.39 is 0 Å². The Morgan fingerprint density at radius 2 is 1.63 bits per heavy atom. The minimum atomic E-state index is 0.807. The highest BCUT2D eigenvalue weighted by molar-refractivity contribution is 5.85. The number of rotatable bonds is 3. The van der Waals surface area contributed by atoms with Crippen LogP contribution >= 0.6 is 0 Å². The Morgan fingerprint density at radius 3 is 2.42 bits per heavy atom. The van der Waals surface area contributed by atoms with E-state index in [0.717, 1.165) is 12.5 Å². The lowest BCUT2D eigenvalue weighted by Gasteiger charge is -2.05. The van der Waals surface area contributed by atoms with Gasteiger partial charge in [-0.15, -0.1) is 0 Å². The van der Waals surface area contributed by atoms with Crippen molar-refractivity contribution in [1.29, 1.82) is 0 Å². The second-order valence-electron chi connectivity index (χ2n) is 5.49. The molecule has 1 saturated carbocycles. The maximum absolute atomic E-state index is 2.40. The summed E-state index contributed by atoms with van der Waals surface area (Å²) in [6.07, 6.45) is 5.09. The van der Waals surface area contributed by atoms with E-state index in [1.807, 2.05) is 0 Å². The molecular weight excluding hydrogens is 230 g/mol. The van der Waals surface area contributed by atoms with E-state index in [9.17, 15) is 0 Å². The summed E-state index contributed by atoms with van der Waals surface area (Å²) in [7, 11) is 0. The number of nitrogens with zero attached hydrogens (tertiary/aromatic N) is 1. The van der Waals surface area contributed by atoms with Crippen LogP contribution in [0.1, 0.15) is 29.9 Å². The molecule has 0 unspecified atom stereocenters. The molecule has 0 spiro atoms. The number of aromatic nitrogens is 1. The van der Waals surface area contributed by atoms with E-state index in [0.29, 0.717) is 0 Å². The molecule has 19 heavy (non-hydrogen) atoms. The van der Waals surface area contributed by atoms with Gasteiger partial charge in [-0.25, -0.2) is 0 Å². The first kappa shape index (κ1) is 10.9. The van der Waals surface area contributed by atoms with Crippen molar-refractivity contribution in [2.24, 2.45) is 0 Å². The van der Waals surface area contributed by atoms with Crippen LogP contribution in [-0.2, 0) is 6.54 Å². The zero-order chi connectivity index (χ0) is 12.7. The van der Waals surface area contributed by atoms with Crippen molar-refractivity contribution in [1.82, 2.24) is 4.57 Å². The fourth-order valence-corrected chi connectivity index (χ4v) is 2.91. The average molecular weight is 247 g/mol. The number of benzene rings is 2. The molecule has 1 aliphatic rings. The van der Waals surface area contributed by atoms with Gasteiger partial charge in [0.05, 0.1) is 0 Å². The Labute approximate surface area is 113 Å². The van der Waals surface area contributed by atoms with Gasteiger partial charge in [0.15, 0.2) is 0 Å². The first-order valence-corrected chi connectivity index (χ1v) is 7.03. The molecule has 1 fully saturated rings. The lowest BCUT2D eigenvalue weighted by Crippen LogP contribution is -1.97. The number of hydrogen-bond donors (Lipinski definition) is 0. The van der Waals surface area contributed by atoms with Gasteiger partial charge in [-0.1, -0.05) is 48.5 Å². The van der Waals surface area contributed by atoms with Crippen molar-refractivity contribution >= 4 is 10.9 Å². The van der Waals surface area contributed by atoms with E-state index >= 15 is 0 Å². The second kappa shape index (κ2) is 4.27. The molecule has 2 aromatic carbocycles. The van der Waals surface area contributed by atoms with E-state index in [1.54, 1.807) is 5.56 Å². The molecule has 4 rings (SSSR count). The molecule has 1 aliphatic carbocycles. The summed E-state index contributed by atoms with van der Waals surface area (Å²) in [5.41, 5.74) is 4.28. The smallest absolute Gasteiger partial charge is 0.0486 e. The molecule has 0 saturated heterocycles. The van der Waals surface area contributed by atoms with Crippen LogP contribution in [0.5, 0.6) is 0 Å². The predicted octanol–water partition coefficient (Wildman–Crippen LogP) is 4.57. The first-order valence-electron chi connectivity index (χ1n) is 7.03. The number of para-hydroxylation sites is 1. The van der Waals surface area contributed by atoms with E-state index in [4.69, 9.17) is 0 Å². The van der Waals surface area contributed by atoms with Crippen LogP contribution < -0.4 is 0 Å². The highest BCUT2D eigenvalue weighted by Gasteiger charge is 2.26. The van der Waals surface area contributed by atoms with Crippen molar-refractivity contribution in [3.8, 4) is 0 Å². The van der Waals surface area contributed by atoms with Crippen LogP contribution in [0, 0.1) is 0 Å². The summed E-state index contributed by atoms with van der Waals surface area (Å²) in [6, 6.07) is 19.5. The third kappa shape index (κ3) is 1.95. The Hall–Kier alpha value is -2.02. The van der Waals surface area contributed by atoms with Crippen molar-refractivity contribution in [2.45, 2.75) is 25.3 Å². The Morgan fingerprint density at radius 1 is 0.895 bits per heavy atom. The van der Waals surface area contributed by atoms with Crippen molar-refractivity contribution < 1.29 is 0 Å². The molecule has 0 amide bonds. The standard InChI is InChI=1S/C18H17N/c1-2-6-14(7-3-1)12-19-13-17(15-10-11-15)16-8-4-5-9-18(16)19/h1-9,13,15H,10-12H2. The minimum absolute atomic E-state index is 0.807. The van der Waals surface area contributed by atoms with Gasteiger partial charge in [-0.3, -0.25) is 0 Å². The number of fused-ring (bicyclic) bond motifs is 1. The molecule has 0 radical (unpaired) electrons. The van der Waals surface area contributed by atoms with Crippen molar-refractivity contribution in [2.75, 3.05) is 0 Å². The van der Waals surface area contributed by atoms with Gasteiger partial charge in [0.25, 0.3) is 0 Å². The molecule has 1 aromatic heterocycles. The monoisotopic (exact) mass is 247 g/mol. The molecule has 0 N–H and O–H groups in total. The molecule has 1 heteroatoms. The largest absolute Gasteiger partial charge is 0.343 e. The summed E-state index contributed by atoms with van der Waals surface area (Å²) in [4.78, 5) is 0. The molecule has 0 aliphatic heterocycles. The van der Waals surface area contributed by atoms with Crippen molar-refractivity contribution in [3.05, 3.63) is 71.9 Å². The van der Waals surface area contributed by atoms with Gasteiger partial charge in [-0.2, -0.15) is 0 Å². The Kier molecular flexibility index (Phi) is 2.44. The molecular formula is C18H17N. The minimum Gasteiger partial charge on any atom is -0.343 e. The predicted molar refractivity (Wildman–Crippen MR) is 79.5 cm³/mol. The van der Waals surface area contributed by atoms with Gasteiger partial charge in [0.2, 0.25) is 0 Å². The third-order valence-corrected chi connectivity index (χ3v) is 4.03. The Bertz CT molecular complexity index is 705. The van der Waals surface area contributed by atoms with Gasteiger partial charge in [0.1, 0.15) is 0 Å². The lowest BCUT2D eigenvalue weighted by molar-refractivity contribution is 0.830. The van der Waals surface area contributed by atoms with Crippen LogP contribution in [0.15, 0.2) is 60.8 Å². The third-order valence-electron chi connectivity index (χ3n) is 4.03. The lowest BCUT2D eigenvalue weighted by atomic mass is 10.1. The fourth-order valence-electron chi connectivity index (χ4n) is 2.91. The average Bonchev–Trinajstić information content (AvgIpc) is 3.24. The highest BCUT2D eigenvalue weighted by Crippen LogP contribution is 2.43. The van der Waals surface area contributed by atoms with Gasteiger partial charge in [0, 0.05) is 23.6 Å². The summed E-state index contributed by atoms with van der Waals surface area (Å²) >= 11 is 0. The van der Waals surface area contributed by atoms with Gasteiger partial charge in [-0.05, 0) is 36.0 Å². The first-order chi connectivity index (χ1) is 9.42. The topological polar surface area (TPSA) is 4.93 Å². The zero-order valence-corrected chi connectivity index (χ0v) is 10.9. The summed E-state index contributed by atoms with van der Waals surface area (Å²) in [5, 5.41) is 1.45. The number of hydrogen-bond acceptors (Lipinski definition) is 0. The molecule has 1 heterocycles. The summed E-state index contributed by atoms with van der Waals surface area (Å²) in [6.45, 7) is 0.966. The molecule has 3 aromatic rings. The summed E-state index contributed by atoms with van der Waals surface area (Å²) in [5.74, 6) is 0.807. The van der Waals surface area contributed by atoms with E-state index in [2.05, 4.69) is 65.4 Å². The SMILES string of the molecule is c1ccc(Cn2cc(C3CC3)c3ccccc32)cc1. The fraction of sp³-hybridized carbons (Fsp3) is 0.222. The molecule has 94 valence electrons.